The first-order valence-electron chi connectivity index (χ1n) is 7.02. The average Bonchev–Trinajstić information content (AvgIpc) is 2.50. The van der Waals surface area contributed by atoms with E-state index in [1.165, 1.54) is 12.1 Å². The van der Waals surface area contributed by atoms with E-state index in [1.54, 1.807) is 18.2 Å². The Bertz CT molecular complexity index is 794. The fourth-order valence-electron chi connectivity index (χ4n) is 2.38. The molecule has 0 heterocycles. The Morgan fingerprint density at radius 3 is 2.45 bits per heavy atom. The van der Waals surface area contributed by atoms with Crippen LogP contribution in [0.15, 0.2) is 30.3 Å². The van der Waals surface area contributed by atoms with Gasteiger partial charge in [-0.1, -0.05) is 25.1 Å². The normalized spacial score (nSPS) is 10.0. The number of carboxylic acids is 2. The zero-order valence-electron chi connectivity index (χ0n) is 12.2. The van der Waals surface area contributed by atoms with E-state index in [-0.39, 0.29) is 11.1 Å². The molecule has 2 N–H and O–H groups in total. The Morgan fingerprint density at radius 1 is 1.05 bits per heavy atom. The minimum absolute atomic E-state index is 0.144. The summed E-state index contributed by atoms with van der Waals surface area (Å²) in [6, 6.07) is 7.98. The number of carbonyl (C=O) groups is 2. The maximum Gasteiger partial charge on any atom is 0.336 e. The van der Waals surface area contributed by atoms with Gasteiger partial charge >= 0.3 is 11.9 Å². The minimum atomic E-state index is -1.03. The van der Waals surface area contributed by atoms with Crippen LogP contribution in [0.4, 0.5) is 0 Å². The highest BCUT2D eigenvalue weighted by Gasteiger charge is 2.15. The Hall–Kier alpha value is -2.80. The number of benzene rings is 2. The largest absolute Gasteiger partial charge is 0.478 e. The molecule has 0 saturated heterocycles. The topological polar surface area (TPSA) is 74.6 Å². The minimum Gasteiger partial charge on any atom is -0.478 e. The van der Waals surface area contributed by atoms with Gasteiger partial charge in [-0.2, -0.15) is 0 Å². The lowest BCUT2D eigenvalue weighted by atomic mass is 9.95. The maximum absolute atomic E-state index is 11.6. The van der Waals surface area contributed by atoms with E-state index >= 15 is 0 Å². The summed E-state index contributed by atoms with van der Waals surface area (Å²) in [5, 5.41) is 19.7. The number of rotatable bonds is 4. The molecule has 4 nitrogen and oxygen atoms in total. The van der Waals surface area contributed by atoms with Gasteiger partial charge < -0.3 is 10.2 Å². The third-order valence-corrected chi connectivity index (χ3v) is 3.39. The molecular formula is C18H16O4. The molecule has 0 atom stereocenters. The standard InChI is InChI=1S/C18H16O4/c1-2-3-4-5-6-12-7-8-13-11-14(17(19)20)9-10-15(13)16(12)18(21)22/h7-11H,2,5-6H2,1H3,(H,19,20)(H,21,22). The molecule has 0 aliphatic heterocycles. The van der Waals surface area contributed by atoms with Gasteiger partial charge in [-0.3, -0.25) is 0 Å². The molecule has 0 amide bonds. The molecule has 0 saturated carbocycles. The van der Waals surface area contributed by atoms with E-state index in [0.717, 1.165) is 6.42 Å². The highest BCUT2D eigenvalue weighted by atomic mass is 16.4. The van der Waals surface area contributed by atoms with Crippen molar-refractivity contribution in [3.05, 3.63) is 47.0 Å². The second-order valence-electron chi connectivity index (χ2n) is 4.85. The Labute approximate surface area is 128 Å². The lowest BCUT2D eigenvalue weighted by Crippen LogP contribution is -2.04. The Balaban J connectivity index is 2.50. The molecule has 0 fully saturated rings. The van der Waals surface area contributed by atoms with Crippen molar-refractivity contribution in [2.45, 2.75) is 26.2 Å². The van der Waals surface area contributed by atoms with Gasteiger partial charge in [0.1, 0.15) is 0 Å². The SMILES string of the molecule is CCC#CCCc1ccc2cc(C(=O)O)ccc2c1C(=O)O. The molecule has 0 unspecified atom stereocenters. The summed E-state index contributed by atoms with van der Waals surface area (Å²) in [5.41, 5.74) is 1.09. The van der Waals surface area contributed by atoms with Crippen molar-refractivity contribution in [3.8, 4) is 11.8 Å². The first kappa shape index (κ1) is 15.6. The zero-order chi connectivity index (χ0) is 16.1. The third kappa shape index (κ3) is 3.26. The van der Waals surface area contributed by atoms with Crippen molar-refractivity contribution >= 4 is 22.7 Å². The van der Waals surface area contributed by atoms with Crippen molar-refractivity contribution in [3.63, 3.8) is 0 Å². The molecule has 4 heteroatoms. The van der Waals surface area contributed by atoms with Crippen molar-refractivity contribution < 1.29 is 19.8 Å². The summed E-state index contributed by atoms with van der Waals surface area (Å²) in [5.74, 6) is 3.93. The molecule has 2 aromatic carbocycles. The summed E-state index contributed by atoms with van der Waals surface area (Å²) >= 11 is 0. The number of aromatic carboxylic acids is 2. The summed E-state index contributed by atoms with van der Waals surface area (Å²) in [6.07, 6.45) is 1.94. The van der Waals surface area contributed by atoms with Crippen LogP contribution in [-0.4, -0.2) is 22.2 Å². The molecule has 2 aromatic rings. The van der Waals surface area contributed by atoms with Gasteiger partial charge in [0, 0.05) is 12.8 Å². The molecule has 112 valence electrons. The van der Waals surface area contributed by atoms with Crippen LogP contribution >= 0.6 is 0 Å². The third-order valence-electron chi connectivity index (χ3n) is 3.39. The van der Waals surface area contributed by atoms with Crippen molar-refractivity contribution in [2.24, 2.45) is 0 Å². The maximum atomic E-state index is 11.6. The van der Waals surface area contributed by atoms with Gasteiger partial charge in [0.15, 0.2) is 0 Å². The number of hydrogen-bond donors (Lipinski definition) is 2. The van der Waals surface area contributed by atoms with Gasteiger partial charge in [0.25, 0.3) is 0 Å². The van der Waals surface area contributed by atoms with Crippen LogP contribution in [-0.2, 0) is 6.42 Å². The van der Waals surface area contributed by atoms with Gasteiger partial charge in [-0.15, -0.1) is 11.8 Å². The van der Waals surface area contributed by atoms with Crippen LogP contribution in [0.2, 0.25) is 0 Å². The lowest BCUT2D eigenvalue weighted by molar-refractivity contribution is 0.0687. The van der Waals surface area contributed by atoms with E-state index in [0.29, 0.717) is 29.2 Å². The summed E-state index contributed by atoms with van der Waals surface area (Å²) < 4.78 is 0. The van der Waals surface area contributed by atoms with Gasteiger partial charge in [0.05, 0.1) is 11.1 Å². The molecule has 0 bridgehead atoms. The summed E-state index contributed by atoms with van der Waals surface area (Å²) in [7, 11) is 0. The smallest absolute Gasteiger partial charge is 0.336 e. The van der Waals surface area contributed by atoms with E-state index < -0.39 is 11.9 Å². The van der Waals surface area contributed by atoms with Crippen LogP contribution in [0.3, 0.4) is 0 Å². The van der Waals surface area contributed by atoms with Crippen LogP contribution in [0.25, 0.3) is 10.8 Å². The second-order valence-corrected chi connectivity index (χ2v) is 4.85. The highest BCUT2D eigenvalue weighted by molar-refractivity contribution is 6.06. The monoisotopic (exact) mass is 296 g/mol. The Kier molecular flexibility index (Phi) is 4.80. The zero-order valence-corrected chi connectivity index (χ0v) is 12.2. The molecule has 22 heavy (non-hydrogen) atoms. The molecule has 0 aromatic heterocycles. The first-order chi connectivity index (χ1) is 10.5. The molecular weight excluding hydrogens is 280 g/mol. The number of carboxylic acid groups (broad SMARTS) is 2. The molecule has 0 spiro atoms. The predicted octanol–water partition coefficient (Wildman–Crippen LogP) is 3.58. The van der Waals surface area contributed by atoms with Gasteiger partial charge in [-0.25, -0.2) is 9.59 Å². The lowest BCUT2D eigenvalue weighted by Gasteiger charge is -2.09. The number of aryl methyl sites for hydroxylation is 1. The van der Waals surface area contributed by atoms with E-state index in [4.69, 9.17) is 5.11 Å². The second kappa shape index (κ2) is 6.77. The van der Waals surface area contributed by atoms with E-state index in [2.05, 4.69) is 11.8 Å². The summed E-state index contributed by atoms with van der Waals surface area (Å²) in [4.78, 5) is 22.6. The van der Waals surface area contributed by atoms with Crippen LogP contribution in [0, 0.1) is 11.8 Å². The van der Waals surface area contributed by atoms with E-state index in [9.17, 15) is 14.7 Å². The molecule has 0 radical (unpaired) electrons. The fraction of sp³-hybridized carbons (Fsp3) is 0.222. The van der Waals surface area contributed by atoms with Crippen molar-refractivity contribution in [2.75, 3.05) is 0 Å². The van der Waals surface area contributed by atoms with Gasteiger partial charge in [-0.05, 0) is 34.9 Å². The highest BCUT2D eigenvalue weighted by Crippen LogP contribution is 2.25. The number of hydrogen-bond acceptors (Lipinski definition) is 2. The van der Waals surface area contributed by atoms with Crippen molar-refractivity contribution in [1.82, 2.24) is 0 Å². The average molecular weight is 296 g/mol. The Morgan fingerprint density at radius 2 is 1.82 bits per heavy atom. The molecule has 2 rings (SSSR count). The van der Waals surface area contributed by atoms with Crippen LogP contribution < -0.4 is 0 Å². The fourth-order valence-corrected chi connectivity index (χ4v) is 2.38. The summed E-state index contributed by atoms with van der Waals surface area (Å²) in [6.45, 7) is 1.96. The van der Waals surface area contributed by atoms with Crippen LogP contribution in [0.1, 0.15) is 46.0 Å². The molecule has 0 aliphatic rings. The van der Waals surface area contributed by atoms with Gasteiger partial charge in [0.2, 0.25) is 0 Å². The quantitative estimate of drug-likeness (QED) is 0.846. The van der Waals surface area contributed by atoms with E-state index in [1.807, 2.05) is 6.92 Å². The number of fused-ring (bicyclic) bond motifs is 1. The predicted molar refractivity (Wildman–Crippen MR) is 84.3 cm³/mol. The van der Waals surface area contributed by atoms with Crippen LogP contribution in [0.5, 0.6) is 0 Å². The first-order valence-corrected chi connectivity index (χ1v) is 7.02. The van der Waals surface area contributed by atoms with Crippen molar-refractivity contribution in [1.29, 1.82) is 0 Å². The molecule has 0 aliphatic carbocycles.